The third-order valence-corrected chi connectivity index (χ3v) is 3.52. The number of esters is 1. The van der Waals surface area contributed by atoms with Gasteiger partial charge in [0.1, 0.15) is 5.75 Å². The summed E-state index contributed by atoms with van der Waals surface area (Å²) in [5.41, 5.74) is 0.865. The SMILES string of the molecule is CCCCOc1cccc(C(=O)Oc2ccccc2NC(=O)CC)c1. The zero-order valence-corrected chi connectivity index (χ0v) is 14.6. The normalized spacial score (nSPS) is 10.2. The van der Waals surface area contributed by atoms with Crippen molar-refractivity contribution in [2.75, 3.05) is 11.9 Å². The van der Waals surface area contributed by atoms with Crippen LogP contribution in [-0.4, -0.2) is 18.5 Å². The second-order valence-electron chi connectivity index (χ2n) is 5.52. The second-order valence-corrected chi connectivity index (χ2v) is 5.52. The molecule has 0 saturated heterocycles. The van der Waals surface area contributed by atoms with E-state index >= 15 is 0 Å². The minimum atomic E-state index is -0.501. The fourth-order valence-corrected chi connectivity index (χ4v) is 2.10. The molecule has 0 aromatic heterocycles. The Morgan fingerprint density at radius 3 is 2.60 bits per heavy atom. The summed E-state index contributed by atoms with van der Waals surface area (Å²) >= 11 is 0. The maximum absolute atomic E-state index is 12.4. The first-order chi connectivity index (χ1) is 12.1. The molecule has 0 heterocycles. The monoisotopic (exact) mass is 341 g/mol. The first kappa shape index (κ1) is 18.5. The second kappa shape index (κ2) is 9.47. The van der Waals surface area contributed by atoms with Gasteiger partial charge in [-0.05, 0) is 36.8 Å². The van der Waals surface area contributed by atoms with Crippen LogP contribution in [0.15, 0.2) is 48.5 Å². The molecule has 0 aliphatic rings. The first-order valence-electron chi connectivity index (χ1n) is 8.48. The third-order valence-electron chi connectivity index (χ3n) is 3.52. The zero-order chi connectivity index (χ0) is 18.1. The number of benzene rings is 2. The summed E-state index contributed by atoms with van der Waals surface area (Å²) in [6.45, 7) is 4.46. The van der Waals surface area contributed by atoms with Crippen LogP contribution in [0, 0.1) is 0 Å². The van der Waals surface area contributed by atoms with E-state index in [1.807, 2.05) is 6.07 Å². The van der Waals surface area contributed by atoms with Crippen molar-refractivity contribution in [2.24, 2.45) is 0 Å². The molecular formula is C20H23NO4. The van der Waals surface area contributed by atoms with Crippen molar-refractivity contribution in [3.8, 4) is 11.5 Å². The van der Waals surface area contributed by atoms with Crippen LogP contribution < -0.4 is 14.8 Å². The molecule has 0 atom stereocenters. The van der Waals surface area contributed by atoms with Crippen LogP contribution in [0.5, 0.6) is 11.5 Å². The van der Waals surface area contributed by atoms with Crippen LogP contribution >= 0.6 is 0 Å². The number of unbranched alkanes of at least 4 members (excludes halogenated alkanes) is 1. The number of para-hydroxylation sites is 2. The molecule has 132 valence electrons. The predicted octanol–water partition coefficient (Wildman–Crippen LogP) is 4.43. The molecule has 2 aromatic carbocycles. The van der Waals surface area contributed by atoms with Crippen molar-refractivity contribution in [3.05, 3.63) is 54.1 Å². The summed E-state index contributed by atoms with van der Waals surface area (Å²) < 4.78 is 11.1. The van der Waals surface area contributed by atoms with E-state index in [1.54, 1.807) is 49.4 Å². The van der Waals surface area contributed by atoms with Crippen molar-refractivity contribution in [2.45, 2.75) is 33.1 Å². The van der Waals surface area contributed by atoms with Crippen LogP contribution in [0.3, 0.4) is 0 Å². The van der Waals surface area contributed by atoms with Crippen LogP contribution in [0.1, 0.15) is 43.5 Å². The average molecular weight is 341 g/mol. The Kier molecular flexibility index (Phi) is 7.01. The zero-order valence-electron chi connectivity index (χ0n) is 14.6. The van der Waals surface area contributed by atoms with E-state index in [1.165, 1.54) is 0 Å². The lowest BCUT2D eigenvalue weighted by Gasteiger charge is -2.11. The molecule has 0 aliphatic carbocycles. The van der Waals surface area contributed by atoms with Crippen molar-refractivity contribution in [1.82, 2.24) is 0 Å². The fraction of sp³-hybridized carbons (Fsp3) is 0.300. The van der Waals surface area contributed by atoms with Crippen LogP contribution in [0.25, 0.3) is 0 Å². The Balaban J connectivity index is 2.09. The minimum Gasteiger partial charge on any atom is -0.494 e. The first-order valence-corrected chi connectivity index (χ1v) is 8.48. The summed E-state index contributed by atoms with van der Waals surface area (Å²) in [5.74, 6) is 0.302. The molecule has 2 aromatic rings. The van der Waals surface area contributed by atoms with E-state index in [9.17, 15) is 9.59 Å². The molecule has 1 amide bonds. The van der Waals surface area contributed by atoms with Crippen molar-refractivity contribution in [3.63, 3.8) is 0 Å². The molecule has 5 heteroatoms. The van der Waals surface area contributed by atoms with E-state index in [-0.39, 0.29) is 5.91 Å². The Morgan fingerprint density at radius 1 is 1.04 bits per heavy atom. The number of ether oxygens (including phenoxy) is 2. The van der Waals surface area contributed by atoms with Gasteiger partial charge >= 0.3 is 5.97 Å². The number of hydrogen-bond donors (Lipinski definition) is 1. The highest BCUT2D eigenvalue weighted by molar-refractivity contribution is 5.95. The minimum absolute atomic E-state index is 0.144. The van der Waals surface area contributed by atoms with Crippen molar-refractivity contribution >= 4 is 17.6 Å². The highest BCUT2D eigenvalue weighted by atomic mass is 16.5. The molecule has 0 fully saturated rings. The van der Waals surface area contributed by atoms with Crippen molar-refractivity contribution < 1.29 is 19.1 Å². The summed E-state index contributed by atoms with van der Waals surface area (Å²) in [7, 11) is 0. The number of carbonyl (C=O) groups excluding carboxylic acids is 2. The summed E-state index contributed by atoms with van der Waals surface area (Å²) in [5, 5.41) is 2.72. The molecule has 0 unspecified atom stereocenters. The van der Waals surface area contributed by atoms with Gasteiger partial charge in [0.15, 0.2) is 5.75 Å². The maximum atomic E-state index is 12.4. The molecule has 0 radical (unpaired) electrons. The molecule has 0 spiro atoms. The quantitative estimate of drug-likeness (QED) is 0.438. The lowest BCUT2D eigenvalue weighted by molar-refractivity contribution is -0.115. The fourth-order valence-electron chi connectivity index (χ4n) is 2.10. The van der Waals surface area contributed by atoms with Gasteiger partial charge in [0.25, 0.3) is 0 Å². The van der Waals surface area contributed by atoms with Crippen molar-refractivity contribution in [1.29, 1.82) is 0 Å². The largest absolute Gasteiger partial charge is 0.494 e. The smallest absolute Gasteiger partial charge is 0.343 e. The summed E-state index contributed by atoms with van der Waals surface area (Å²) in [6.07, 6.45) is 2.35. The molecular weight excluding hydrogens is 318 g/mol. The maximum Gasteiger partial charge on any atom is 0.343 e. The number of amides is 1. The molecule has 0 aliphatic heterocycles. The lowest BCUT2D eigenvalue weighted by Crippen LogP contribution is -2.13. The van der Waals surface area contributed by atoms with Gasteiger partial charge in [-0.2, -0.15) is 0 Å². The molecule has 0 saturated carbocycles. The van der Waals surface area contributed by atoms with Gasteiger partial charge in [-0.3, -0.25) is 4.79 Å². The van der Waals surface area contributed by atoms with Gasteiger partial charge in [0.05, 0.1) is 17.9 Å². The molecule has 0 bridgehead atoms. The van der Waals surface area contributed by atoms with E-state index in [2.05, 4.69) is 12.2 Å². The van der Waals surface area contributed by atoms with Gasteiger partial charge in [0, 0.05) is 6.42 Å². The number of hydrogen-bond acceptors (Lipinski definition) is 4. The van der Waals surface area contributed by atoms with E-state index < -0.39 is 5.97 Å². The van der Waals surface area contributed by atoms with Gasteiger partial charge in [-0.25, -0.2) is 4.79 Å². The number of anilines is 1. The topological polar surface area (TPSA) is 64.6 Å². The molecule has 1 N–H and O–H groups in total. The Morgan fingerprint density at radius 2 is 1.84 bits per heavy atom. The van der Waals surface area contributed by atoms with Gasteiger partial charge in [-0.15, -0.1) is 0 Å². The number of nitrogens with one attached hydrogen (secondary N) is 1. The molecule has 5 nitrogen and oxygen atoms in total. The number of carbonyl (C=O) groups is 2. The highest BCUT2D eigenvalue weighted by Gasteiger charge is 2.13. The van der Waals surface area contributed by atoms with Gasteiger partial charge in [-0.1, -0.05) is 38.5 Å². The van der Waals surface area contributed by atoms with Gasteiger partial charge < -0.3 is 14.8 Å². The predicted molar refractivity (Wildman–Crippen MR) is 97.2 cm³/mol. The van der Waals surface area contributed by atoms with E-state index in [4.69, 9.17) is 9.47 Å². The van der Waals surface area contributed by atoms with E-state index in [0.29, 0.717) is 35.8 Å². The Hall–Kier alpha value is -2.82. The van der Waals surface area contributed by atoms with Gasteiger partial charge in [0.2, 0.25) is 5.91 Å². The molecule has 25 heavy (non-hydrogen) atoms. The van der Waals surface area contributed by atoms with Crippen LogP contribution in [0.2, 0.25) is 0 Å². The number of rotatable bonds is 8. The average Bonchev–Trinajstić information content (AvgIpc) is 2.63. The summed E-state index contributed by atoms with van der Waals surface area (Å²) in [6, 6.07) is 13.7. The van der Waals surface area contributed by atoms with E-state index in [0.717, 1.165) is 12.8 Å². The highest BCUT2D eigenvalue weighted by Crippen LogP contribution is 2.25. The van der Waals surface area contributed by atoms with Crippen LogP contribution in [0.4, 0.5) is 5.69 Å². The Labute approximate surface area is 148 Å². The lowest BCUT2D eigenvalue weighted by atomic mass is 10.2. The Bertz CT molecular complexity index is 727. The summed E-state index contributed by atoms with van der Waals surface area (Å²) in [4.78, 5) is 24.0. The van der Waals surface area contributed by atoms with Crippen LogP contribution in [-0.2, 0) is 4.79 Å². The standard InChI is InChI=1S/C20H23NO4/c1-3-5-13-24-16-10-8-9-15(14-16)20(23)25-18-12-7-6-11-17(18)21-19(22)4-2/h6-12,14H,3-5,13H2,1-2H3,(H,21,22). The molecule has 2 rings (SSSR count). The third kappa shape index (κ3) is 5.64.